The molecule has 0 spiro atoms. The largest absolute Gasteiger partial charge is 0.478 e. The molecular formula is C13H18N2O3S. The van der Waals surface area contributed by atoms with Gasteiger partial charge >= 0.3 is 12.0 Å². The Balaban J connectivity index is 2.46. The van der Waals surface area contributed by atoms with Crippen LogP contribution in [0, 0.1) is 0 Å². The molecule has 5 nitrogen and oxygen atoms in total. The topological polar surface area (TPSA) is 78.4 Å². The van der Waals surface area contributed by atoms with Crippen LogP contribution in [0.25, 0.3) is 6.08 Å². The number of aliphatic carboxylic acids is 1. The molecule has 0 atom stereocenters. The van der Waals surface area contributed by atoms with Crippen LogP contribution in [-0.4, -0.2) is 22.6 Å². The lowest BCUT2D eigenvalue weighted by Gasteiger charge is -2.20. The Labute approximate surface area is 116 Å². The molecule has 1 aromatic heterocycles. The molecule has 2 amide bonds. The second-order valence-electron chi connectivity index (χ2n) is 5.08. The highest BCUT2D eigenvalue weighted by molar-refractivity contribution is 7.10. The van der Waals surface area contributed by atoms with Crippen molar-refractivity contribution in [2.24, 2.45) is 0 Å². The number of carboxylic acid groups (broad SMARTS) is 1. The summed E-state index contributed by atoms with van der Waals surface area (Å²) in [5.74, 6) is -0.976. The third kappa shape index (κ3) is 6.61. The summed E-state index contributed by atoms with van der Waals surface area (Å²) in [5, 5.41) is 15.9. The number of amides is 2. The van der Waals surface area contributed by atoms with E-state index in [-0.39, 0.29) is 11.6 Å². The van der Waals surface area contributed by atoms with Crippen LogP contribution in [0.4, 0.5) is 4.79 Å². The molecule has 0 aliphatic rings. The minimum absolute atomic E-state index is 0.219. The van der Waals surface area contributed by atoms with Crippen molar-refractivity contribution >= 4 is 29.4 Å². The van der Waals surface area contributed by atoms with Gasteiger partial charge in [0.2, 0.25) is 0 Å². The maximum atomic E-state index is 11.5. The second-order valence-corrected chi connectivity index (χ2v) is 6.07. The van der Waals surface area contributed by atoms with Crippen LogP contribution in [-0.2, 0) is 11.3 Å². The minimum atomic E-state index is -0.976. The average molecular weight is 282 g/mol. The van der Waals surface area contributed by atoms with Gasteiger partial charge in [-0.15, -0.1) is 11.3 Å². The summed E-state index contributed by atoms with van der Waals surface area (Å²) in [7, 11) is 0. The molecule has 3 N–H and O–H groups in total. The molecule has 19 heavy (non-hydrogen) atoms. The molecular weight excluding hydrogens is 264 g/mol. The highest BCUT2D eigenvalue weighted by Crippen LogP contribution is 2.15. The Bertz CT molecular complexity index is 486. The first kappa shape index (κ1) is 15.2. The van der Waals surface area contributed by atoms with Crippen LogP contribution in [0.1, 0.15) is 31.2 Å². The van der Waals surface area contributed by atoms with Crippen molar-refractivity contribution in [1.29, 1.82) is 0 Å². The van der Waals surface area contributed by atoms with Gasteiger partial charge in [-0.25, -0.2) is 9.59 Å². The van der Waals surface area contributed by atoms with E-state index >= 15 is 0 Å². The molecule has 0 bridgehead atoms. The third-order valence-electron chi connectivity index (χ3n) is 2.00. The summed E-state index contributed by atoms with van der Waals surface area (Å²) in [5.41, 5.74) is 0.551. The molecule has 0 radical (unpaired) electrons. The van der Waals surface area contributed by atoms with Gasteiger partial charge in [0.25, 0.3) is 0 Å². The SMILES string of the molecule is CC(C)(C)NC(=O)NCc1cc(C=CC(=O)O)cs1. The Morgan fingerprint density at radius 2 is 2.11 bits per heavy atom. The summed E-state index contributed by atoms with van der Waals surface area (Å²) in [4.78, 5) is 22.9. The number of carbonyl (C=O) groups is 2. The lowest BCUT2D eigenvalue weighted by atomic mass is 10.1. The maximum Gasteiger partial charge on any atom is 0.328 e. The van der Waals surface area contributed by atoms with Crippen molar-refractivity contribution in [1.82, 2.24) is 10.6 Å². The fourth-order valence-electron chi connectivity index (χ4n) is 1.30. The zero-order chi connectivity index (χ0) is 14.5. The molecule has 0 fully saturated rings. The van der Waals surface area contributed by atoms with E-state index in [9.17, 15) is 9.59 Å². The number of thiophene rings is 1. The van der Waals surface area contributed by atoms with E-state index in [2.05, 4.69) is 10.6 Å². The van der Waals surface area contributed by atoms with E-state index in [4.69, 9.17) is 5.11 Å². The van der Waals surface area contributed by atoms with Gasteiger partial charge in [0.1, 0.15) is 0 Å². The van der Waals surface area contributed by atoms with E-state index < -0.39 is 5.97 Å². The van der Waals surface area contributed by atoms with Gasteiger partial charge in [0.15, 0.2) is 0 Å². The standard InChI is InChI=1S/C13H18N2O3S/c1-13(2,3)15-12(18)14-7-10-6-9(8-19-10)4-5-11(16)17/h4-6,8H,7H2,1-3H3,(H,16,17)(H2,14,15,18). The van der Waals surface area contributed by atoms with Gasteiger partial charge < -0.3 is 15.7 Å². The van der Waals surface area contributed by atoms with Gasteiger partial charge in [0.05, 0.1) is 6.54 Å². The van der Waals surface area contributed by atoms with Gasteiger partial charge in [-0.2, -0.15) is 0 Å². The van der Waals surface area contributed by atoms with Crippen LogP contribution in [0.15, 0.2) is 17.5 Å². The molecule has 0 aromatic carbocycles. The van der Waals surface area contributed by atoms with Crippen LogP contribution in [0.3, 0.4) is 0 Å². The monoisotopic (exact) mass is 282 g/mol. The average Bonchev–Trinajstić information content (AvgIpc) is 2.69. The van der Waals surface area contributed by atoms with Crippen molar-refractivity contribution < 1.29 is 14.7 Å². The highest BCUT2D eigenvalue weighted by atomic mass is 32.1. The zero-order valence-electron chi connectivity index (χ0n) is 11.2. The Kier molecular flexibility index (Phi) is 5.11. The van der Waals surface area contributed by atoms with E-state index in [1.807, 2.05) is 32.2 Å². The molecule has 0 saturated carbocycles. The highest BCUT2D eigenvalue weighted by Gasteiger charge is 2.13. The summed E-state index contributed by atoms with van der Waals surface area (Å²) in [6.45, 7) is 6.15. The molecule has 0 aliphatic heterocycles. The summed E-state index contributed by atoms with van der Waals surface area (Å²) < 4.78 is 0. The quantitative estimate of drug-likeness (QED) is 0.742. The normalized spacial score (nSPS) is 11.5. The fourth-order valence-corrected chi connectivity index (χ4v) is 2.09. The number of carbonyl (C=O) groups excluding carboxylic acids is 1. The molecule has 0 aliphatic carbocycles. The Morgan fingerprint density at radius 3 is 2.68 bits per heavy atom. The molecule has 104 valence electrons. The number of hydrogen-bond acceptors (Lipinski definition) is 3. The first-order valence-corrected chi connectivity index (χ1v) is 6.69. The van der Waals surface area contributed by atoms with Gasteiger partial charge in [-0.1, -0.05) is 0 Å². The number of nitrogens with one attached hydrogen (secondary N) is 2. The van der Waals surface area contributed by atoms with E-state index in [1.54, 1.807) is 0 Å². The van der Waals surface area contributed by atoms with Crippen LogP contribution in [0.5, 0.6) is 0 Å². The first-order valence-electron chi connectivity index (χ1n) is 5.81. The summed E-state index contributed by atoms with van der Waals surface area (Å²) in [6, 6.07) is 1.63. The van der Waals surface area contributed by atoms with Crippen LogP contribution in [0.2, 0.25) is 0 Å². The number of urea groups is 1. The molecule has 1 heterocycles. The van der Waals surface area contributed by atoms with Crippen molar-refractivity contribution in [3.05, 3.63) is 28.0 Å². The van der Waals surface area contributed by atoms with E-state index in [0.717, 1.165) is 16.5 Å². The molecule has 1 aromatic rings. The molecule has 0 unspecified atom stereocenters. The number of hydrogen-bond donors (Lipinski definition) is 3. The van der Waals surface area contributed by atoms with Gasteiger partial charge in [-0.3, -0.25) is 0 Å². The molecule has 1 rings (SSSR count). The first-order chi connectivity index (χ1) is 8.76. The maximum absolute atomic E-state index is 11.5. The summed E-state index contributed by atoms with van der Waals surface area (Å²) >= 11 is 1.47. The smallest absolute Gasteiger partial charge is 0.328 e. The van der Waals surface area contributed by atoms with Gasteiger partial charge in [-0.05, 0) is 43.9 Å². The predicted octanol–water partition coefficient (Wildman–Crippen LogP) is 2.44. The van der Waals surface area contributed by atoms with Crippen LogP contribution >= 0.6 is 11.3 Å². The minimum Gasteiger partial charge on any atom is -0.478 e. The van der Waals surface area contributed by atoms with Gasteiger partial charge in [0, 0.05) is 16.5 Å². The van der Waals surface area contributed by atoms with E-state index in [1.165, 1.54) is 17.4 Å². The Hall–Kier alpha value is -1.82. The lowest BCUT2D eigenvalue weighted by molar-refractivity contribution is -0.131. The third-order valence-corrected chi connectivity index (χ3v) is 2.96. The predicted molar refractivity (Wildman–Crippen MR) is 76.1 cm³/mol. The molecule has 0 saturated heterocycles. The fraction of sp³-hybridized carbons (Fsp3) is 0.385. The van der Waals surface area contributed by atoms with Crippen molar-refractivity contribution in [2.75, 3.05) is 0 Å². The van der Waals surface area contributed by atoms with E-state index in [0.29, 0.717) is 6.54 Å². The number of carboxylic acids is 1. The number of rotatable bonds is 4. The molecule has 6 heteroatoms. The Morgan fingerprint density at radius 1 is 1.42 bits per heavy atom. The van der Waals surface area contributed by atoms with Crippen molar-refractivity contribution in [2.45, 2.75) is 32.9 Å². The van der Waals surface area contributed by atoms with Crippen LogP contribution < -0.4 is 10.6 Å². The second kappa shape index (κ2) is 6.38. The lowest BCUT2D eigenvalue weighted by Crippen LogP contribution is -2.46. The summed E-state index contributed by atoms with van der Waals surface area (Å²) in [6.07, 6.45) is 2.61. The zero-order valence-corrected chi connectivity index (χ0v) is 12.0. The van der Waals surface area contributed by atoms with Crippen molar-refractivity contribution in [3.8, 4) is 0 Å². The van der Waals surface area contributed by atoms with Crippen molar-refractivity contribution in [3.63, 3.8) is 0 Å².